The Labute approximate surface area is 145 Å². The first-order chi connectivity index (χ1) is 10.9. The van der Waals surface area contributed by atoms with E-state index in [0.29, 0.717) is 11.3 Å². The topological polar surface area (TPSA) is 115 Å². The first-order valence-electron chi connectivity index (χ1n) is 6.54. The van der Waals surface area contributed by atoms with Crippen LogP contribution in [0.25, 0.3) is 0 Å². The van der Waals surface area contributed by atoms with Crippen LogP contribution in [0.3, 0.4) is 0 Å². The number of nitrogens with zero attached hydrogens (tertiary/aromatic N) is 2. The van der Waals surface area contributed by atoms with Gasteiger partial charge < -0.3 is 15.3 Å². The van der Waals surface area contributed by atoms with E-state index in [2.05, 4.69) is 15.5 Å². The average molecular weight is 427 g/mol. The molecule has 8 heteroatoms. The third kappa shape index (κ3) is 3.96. The number of amides is 1. The quantitative estimate of drug-likeness (QED) is 0.337. The van der Waals surface area contributed by atoms with Gasteiger partial charge in [0.15, 0.2) is 0 Å². The highest BCUT2D eigenvalue weighted by atomic mass is 127. The molecule has 0 radical (unpaired) electrons. The molecule has 0 aliphatic carbocycles. The van der Waals surface area contributed by atoms with E-state index < -0.39 is 5.91 Å². The molecule has 4 N–H and O–H groups in total. The summed E-state index contributed by atoms with van der Waals surface area (Å²) >= 11 is 2.02. The van der Waals surface area contributed by atoms with Gasteiger partial charge in [-0.25, -0.2) is 5.43 Å². The summed E-state index contributed by atoms with van der Waals surface area (Å²) in [6, 6.07) is 4.61. The SMILES string of the molecule is Cc1ncc(CO)c(/C=N\NC(=O)c2cc(I)ccc2O)c1O. The molecule has 0 aliphatic heterocycles. The Bertz CT molecular complexity index is 778. The summed E-state index contributed by atoms with van der Waals surface area (Å²) in [5.74, 6) is -0.864. The number of rotatable bonds is 4. The second-order valence-corrected chi connectivity index (χ2v) is 5.90. The highest BCUT2D eigenvalue weighted by Crippen LogP contribution is 2.22. The number of aromatic nitrogens is 1. The number of hydrogen-bond donors (Lipinski definition) is 4. The number of nitrogens with one attached hydrogen (secondary N) is 1. The van der Waals surface area contributed by atoms with Crippen molar-refractivity contribution in [2.45, 2.75) is 13.5 Å². The number of hydrazone groups is 1. The summed E-state index contributed by atoms with van der Waals surface area (Å²) in [5.41, 5.74) is 3.39. The summed E-state index contributed by atoms with van der Waals surface area (Å²) in [5, 5.41) is 32.7. The van der Waals surface area contributed by atoms with Crippen molar-refractivity contribution in [2.24, 2.45) is 5.10 Å². The van der Waals surface area contributed by atoms with E-state index in [1.165, 1.54) is 24.5 Å². The summed E-state index contributed by atoms with van der Waals surface area (Å²) in [7, 11) is 0. The van der Waals surface area contributed by atoms with Crippen LogP contribution < -0.4 is 5.43 Å². The molecule has 1 aromatic heterocycles. The first kappa shape index (κ1) is 17.2. The number of aliphatic hydroxyl groups excluding tert-OH is 1. The monoisotopic (exact) mass is 427 g/mol. The van der Waals surface area contributed by atoms with Crippen LogP contribution in [0.2, 0.25) is 0 Å². The molecule has 1 aromatic carbocycles. The van der Waals surface area contributed by atoms with Crippen molar-refractivity contribution in [3.05, 3.63) is 50.4 Å². The minimum atomic E-state index is -0.590. The largest absolute Gasteiger partial charge is 0.507 e. The number of phenols is 1. The van der Waals surface area contributed by atoms with Crippen molar-refractivity contribution in [3.8, 4) is 11.5 Å². The van der Waals surface area contributed by atoms with Gasteiger partial charge in [-0.1, -0.05) is 0 Å². The minimum absolute atomic E-state index is 0.0894. The maximum absolute atomic E-state index is 12.0. The normalized spacial score (nSPS) is 10.9. The minimum Gasteiger partial charge on any atom is -0.507 e. The molecule has 23 heavy (non-hydrogen) atoms. The van der Waals surface area contributed by atoms with Crippen LogP contribution in [-0.4, -0.2) is 32.4 Å². The van der Waals surface area contributed by atoms with Crippen molar-refractivity contribution in [2.75, 3.05) is 0 Å². The molecule has 1 amide bonds. The smallest absolute Gasteiger partial charge is 0.275 e. The highest BCUT2D eigenvalue weighted by molar-refractivity contribution is 14.1. The number of benzene rings is 1. The second-order valence-electron chi connectivity index (χ2n) is 4.65. The van der Waals surface area contributed by atoms with Crippen molar-refractivity contribution in [1.82, 2.24) is 10.4 Å². The summed E-state index contributed by atoms with van der Waals surface area (Å²) in [4.78, 5) is 15.9. The molecule has 0 unspecified atom stereocenters. The van der Waals surface area contributed by atoms with Gasteiger partial charge in [0, 0.05) is 20.9 Å². The van der Waals surface area contributed by atoms with Gasteiger partial charge in [0.05, 0.1) is 24.1 Å². The zero-order valence-electron chi connectivity index (χ0n) is 12.1. The lowest BCUT2D eigenvalue weighted by molar-refractivity contribution is 0.0952. The summed E-state index contributed by atoms with van der Waals surface area (Å²) in [6.07, 6.45) is 2.64. The van der Waals surface area contributed by atoms with E-state index in [-0.39, 0.29) is 29.2 Å². The van der Waals surface area contributed by atoms with Crippen LogP contribution in [0.1, 0.15) is 27.2 Å². The van der Waals surface area contributed by atoms with Crippen molar-refractivity contribution < 1.29 is 20.1 Å². The molecule has 0 atom stereocenters. The van der Waals surface area contributed by atoms with Crippen LogP contribution in [0.4, 0.5) is 0 Å². The van der Waals surface area contributed by atoms with Gasteiger partial charge >= 0.3 is 0 Å². The molecule has 2 aromatic rings. The van der Waals surface area contributed by atoms with Gasteiger partial charge in [0.2, 0.25) is 0 Å². The molecule has 2 rings (SSSR count). The number of aliphatic hydroxyl groups is 1. The number of hydrogen-bond acceptors (Lipinski definition) is 6. The molecule has 120 valence electrons. The number of aryl methyl sites for hydroxylation is 1. The van der Waals surface area contributed by atoms with E-state index in [1.54, 1.807) is 13.0 Å². The van der Waals surface area contributed by atoms with E-state index in [0.717, 1.165) is 3.57 Å². The van der Waals surface area contributed by atoms with Crippen LogP contribution in [-0.2, 0) is 6.61 Å². The Morgan fingerprint density at radius 3 is 2.87 bits per heavy atom. The van der Waals surface area contributed by atoms with E-state index in [1.807, 2.05) is 22.6 Å². The Balaban J connectivity index is 2.21. The maximum Gasteiger partial charge on any atom is 0.275 e. The Hall–Kier alpha value is -2.20. The number of pyridine rings is 1. The molecule has 7 nitrogen and oxygen atoms in total. The molecule has 1 heterocycles. The lowest BCUT2D eigenvalue weighted by Gasteiger charge is -2.07. The van der Waals surface area contributed by atoms with E-state index >= 15 is 0 Å². The number of phenolic OH excluding ortho intramolecular Hbond substituents is 1. The lowest BCUT2D eigenvalue weighted by Crippen LogP contribution is -2.18. The number of carbonyl (C=O) groups excluding carboxylic acids is 1. The maximum atomic E-state index is 12.0. The molecule has 0 saturated carbocycles. The third-order valence-corrected chi connectivity index (χ3v) is 3.76. The molecule has 0 fully saturated rings. The number of halogens is 1. The van der Waals surface area contributed by atoms with Gasteiger partial charge in [-0.05, 0) is 47.7 Å². The standard InChI is InChI=1S/C15H14IN3O4/c1-8-14(22)12(9(7-20)5-17-8)6-18-19-15(23)11-4-10(16)2-3-13(11)21/h2-6,20-22H,7H2,1H3,(H,19,23)/b18-6-. The Morgan fingerprint density at radius 1 is 1.43 bits per heavy atom. The van der Waals surface area contributed by atoms with Crippen molar-refractivity contribution in [3.63, 3.8) is 0 Å². The average Bonchev–Trinajstić information content (AvgIpc) is 2.53. The number of aromatic hydroxyl groups is 2. The number of carbonyl (C=O) groups is 1. The van der Waals surface area contributed by atoms with Gasteiger partial charge in [-0.2, -0.15) is 5.10 Å². The molecule has 0 bridgehead atoms. The highest BCUT2D eigenvalue weighted by Gasteiger charge is 2.12. The first-order valence-corrected chi connectivity index (χ1v) is 7.62. The fourth-order valence-corrected chi connectivity index (χ4v) is 2.32. The van der Waals surface area contributed by atoms with E-state index in [4.69, 9.17) is 0 Å². The van der Waals surface area contributed by atoms with Crippen molar-refractivity contribution >= 4 is 34.7 Å². The van der Waals surface area contributed by atoms with Crippen LogP contribution in [0.5, 0.6) is 11.5 Å². The van der Waals surface area contributed by atoms with Gasteiger partial charge in [-0.3, -0.25) is 9.78 Å². The zero-order valence-corrected chi connectivity index (χ0v) is 14.3. The summed E-state index contributed by atoms with van der Waals surface area (Å²) in [6.45, 7) is 1.28. The Morgan fingerprint density at radius 2 is 2.17 bits per heavy atom. The van der Waals surface area contributed by atoms with Crippen LogP contribution >= 0.6 is 22.6 Å². The fourth-order valence-electron chi connectivity index (χ4n) is 1.83. The molecule has 0 saturated heterocycles. The molecule has 0 spiro atoms. The third-order valence-electron chi connectivity index (χ3n) is 3.09. The van der Waals surface area contributed by atoms with Gasteiger partial charge in [0.25, 0.3) is 5.91 Å². The van der Waals surface area contributed by atoms with Gasteiger partial charge in [-0.15, -0.1) is 0 Å². The van der Waals surface area contributed by atoms with Gasteiger partial charge in [0.1, 0.15) is 11.5 Å². The second kappa shape index (κ2) is 7.38. The molecular formula is C15H14IN3O4. The van der Waals surface area contributed by atoms with Crippen LogP contribution in [0.15, 0.2) is 29.5 Å². The molecule has 0 aliphatic rings. The summed E-state index contributed by atoms with van der Waals surface area (Å²) < 4.78 is 0.791. The lowest BCUT2D eigenvalue weighted by atomic mass is 10.1. The van der Waals surface area contributed by atoms with Crippen molar-refractivity contribution in [1.29, 1.82) is 0 Å². The fraction of sp³-hybridized carbons (Fsp3) is 0.133. The predicted octanol–water partition coefficient (Wildman–Crippen LogP) is 1.66. The van der Waals surface area contributed by atoms with Crippen LogP contribution in [0, 0.1) is 10.5 Å². The molecular weight excluding hydrogens is 413 g/mol. The Kier molecular flexibility index (Phi) is 5.50. The predicted molar refractivity (Wildman–Crippen MR) is 92.4 cm³/mol. The zero-order chi connectivity index (χ0) is 17.0. The van der Waals surface area contributed by atoms with E-state index in [9.17, 15) is 20.1 Å².